The molecule has 6 nitrogen and oxygen atoms in total. The molecule has 8 heteroatoms. The van der Waals surface area contributed by atoms with Gasteiger partial charge >= 0.3 is 0 Å². The van der Waals surface area contributed by atoms with Crippen LogP contribution in [0.25, 0.3) is 0 Å². The van der Waals surface area contributed by atoms with E-state index < -0.39 is 0 Å². The van der Waals surface area contributed by atoms with Crippen molar-refractivity contribution in [2.45, 2.75) is 19.0 Å². The molecule has 3 heterocycles. The quantitative estimate of drug-likeness (QED) is 0.366. The number of nitrogens with zero attached hydrogens (tertiary/aromatic N) is 4. The molecule has 3 saturated heterocycles. The Balaban J connectivity index is 0.00000240. The third kappa shape index (κ3) is 6.15. The number of rotatable bonds is 4. The molecule has 4 rings (SSSR count). The molecule has 0 spiro atoms. The van der Waals surface area contributed by atoms with E-state index in [2.05, 4.69) is 61.0 Å². The van der Waals surface area contributed by atoms with E-state index in [0.29, 0.717) is 6.04 Å². The topological polar surface area (TPSA) is 43.3 Å². The molecule has 0 amide bonds. The molecule has 1 unspecified atom stereocenters. The van der Waals surface area contributed by atoms with E-state index in [1.54, 1.807) is 0 Å². The normalized spacial score (nSPS) is 23.8. The van der Waals surface area contributed by atoms with Crippen LogP contribution in [0, 0.1) is 0 Å². The zero-order valence-electron chi connectivity index (χ0n) is 17.4. The van der Waals surface area contributed by atoms with Crippen LogP contribution in [0.2, 0.25) is 0 Å². The average Bonchev–Trinajstić information content (AvgIpc) is 3.26. The lowest BCUT2D eigenvalue weighted by Gasteiger charge is -2.32. The first-order chi connectivity index (χ1) is 13.8. The first kappa shape index (κ1) is 23.0. The molecule has 0 aromatic heterocycles. The smallest absolute Gasteiger partial charge is 0.193 e. The SMILES string of the molecule is CN=C(NCc1ccc(N2CCSCC2)cc1)N1CCC(N2CCOCC2)C1.I. The van der Waals surface area contributed by atoms with E-state index in [0.717, 1.165) is 65.0 Å². The van der Waals surface area contributed by atoms with Crippen molar-refractivity contribution in [2.75, 3.05) is 75.9 Å². The Morgan fingerprint density at radius 3 is 2.52 bits per heavy atom. The molecule has 162 valence electrons. The lowest BCUT2D eigenvalue weighted by molar-refractivity contribution is 0.0195. The zero-order valence-corrected chi connectivity index (χ0v) is 20.5. The number of hydrogen-bond acceptors (Lipinski definition) is 5. The fraction of sp³-hybridized carbons (Fsp3) is 0.667. The number of anilines is 1. The first-order valence-corrected chi connectivity index (χ1v) is 11.7. The molecule has 0 saturated carbocycles. The maximum Gasteiger partial charge on any atom is 0.193 e. The number of halogens is 1. The van der Waals surface area contributed by atoms with Gasteiger partial charge in [-0.25, -0.2) is 0 Å². The van der Waals surface area contributed by atoms with E-state index in [1.165, 1.54) is 29.2 Å². The van der Waals surface area contributed by atoms with Crippen molar-refractivity contribution < 1.29 is 4.74 Å². The van der Waals surface area contributed by atoms with E-state index in [4.69, 9.17) is 4.74 Å². The van der Waals surface area contributed by atoms with Gasteiger partial charge in [0.25, 0.3) is 0 Å². The highest BCUT2D eigenvalue weighted by Crippen LogP contribution is 2.20. The van der Waals surface area contributed by atoms with Crippen molar-refractivity contribution in [1.82, 2.24) is 15.1 Å². The minimum atomic E-state index is 0. The lowest BCUT2D eigenvalue weighted by Crippen LogP contribution is -2.46. The van der Waals surface area contributed by atoms with Gasteiger partial charge in [0.05, 0.1) is 13.2 Å². The third-order valence-electron chi connectivity index (χ3n) is 6.00. The molecular formula is C21H34IN5OS. The Labute approximate surface area is 196 Å². The summed E-state index contributed by atoms with van der Waals surface area (Å²) in [5.74, 6) is 3.50. The molecule has 1 N–H and O–H groups in total. The van der Waals surface area contributed by atoms with Gasteiger partial charge in [0.2, 0.25) is 0 Å². The maximum absolute atomic E-state index is 5.49. The van der Waals surface area contributed by atoms with Crippen LogP contribution in [-0.4, -0.2) is 92.8 Å². The predicted molar refractivity (Wildman–Crippen MR) is 134 cm³/mol. The number of guanidine groups is 1. The van der Waals surface area contributed by atoms with Gasteiger partial charge in [-0.2, -0.15) is 11.8 Å². The molecule has 1 aromatic rings. The third-order valence-corrected chi connectivity index (χ3v) is 6.94. The van der Waals surface area contributed by atoms with Crippen molar-refractivity contribution in [3.63, 3.8) is 0 Å². The summed E-state index contributed by atoms with van der Waals surface area (Å²) >= 11 is 2.05. The summed E-state index contributed by atoms with van der Waals surface area (Å²) in [5.41, 5.74) is 2.65. The Morgan fingerprint density at radius 1 is 1.10 bits per heavy atom. The van der Waals surface area contributed by atoms with Crippen LogP contribution in [0.15, 0.2) is 29.3 Å². The van der Waals surface area contributed by atoms with Crippen molar-refractivity contribution in [1.29, 1.82) is 0 Å². The second kappa shape index (κ2) is 11.6. The van der Waals surface area contributed by atoms with Crippen LogP contribution in [0.1, 0.15) is 12.0 Å². The number of benzene rings is 1. The molecule has 3 aliphatic rings. The van der Waals surface area contributed by atoms with Crippen molar-refractivity contribution in [3.8, 4) is 0 Å². The largest absolute Gasteiger partial charge is 0.379 e. The van der Waals surface area contributed by atoms with Crippen LogP contribution in [0.3, 0.4) is 0 Å². The zero-order chi connectivity index (χ0) is 19.2. The number of hydrogen-bond donors (Lipinski definition) is 1. The molecule has 1 aromatic carbocycles. The molecule has 0 radical (unpaired) electrons. The minimum absolute atomic E-state index is 0. The Hall–Kier alpha value is -0.710. The van der Waals surface area contributed by atoms with Crippen LogP contribution in [0.5, 0.6) is 0 Å². The summed E-state index contributed by atoms with van der Waals surface area (Å²) in [5, 5.41) is 3.57. The molecular weight excluding hydrogens is 497 g/mol. The standard InChI is InChI=1S/C21H33N5OS.HI/c1-22-21(26-7-6-20(17-26)24-8-12-27-13-9-24)23-16-18-2-4-19(5-3-18)25-10-14-28-15-11-25;/h2-5,20H,6-17H2,1H3,(H,22,23);1H. The number of likely N-dealkylation sites (tertiary alicyclic amines) is 1. The summed E-state index contributed by atoms with van der Waals surface area (Å²) in [6.07, 6.45) is 1.21. The van der Waals surface area contributed by atoms with E-state index >= 15 is 0 Å². The summed E-state index contributed by atoms with van der Waals surface area (Å²) in [4.78, 5) is 12.0. The second-order valence-electron chi connectivity index (χ2n) is 7.70. The highest BCUT2D eigenvalue weighted by molar-refractivity contribution is 14.0. The fourth-order valence-corrected chi connectivity index (χ4v) is 5.24. The molecule has 0 aliphatic carbocycles. The number of nitrogens with one attached hydrogen (secondary N) is 1. The summed E-state index contributed by atoms with van der Waals surface area (Å²) < 4.78 is 5.49. The fourth-order valence-electron chi connectivity index (χ4n) is 4.33. The average molecular weight is 532 g/mol. The van der Waals surface area contributed by atoms with E-state index in [-0.39, 0.29) is 24.0 Å². The van der Waals surface area contributed by atoms with Gasteiger partial charge in [-0.1, -0.05) is 12.1 Å². The number of thioether (sulfide) groups is 1. The lowest BCUT2D eigenvalue weighted by atomic mass is 10.2. The second-order valence-corrected chi connectivity index (χ2v) is 8.93. The van der Waals surface area contributed by atoms with Crippen molar-refractivity contribution >= 4 is 47.4 Å². The van der Waals surface area contributed by atoms with Gasteiger partial charge in [-0.15, -0.1) is 24.0 Å². The molecule has 0 bridgehead atoms. The van der Waals surface area contributed by atoms with Gasteiger partial charge < -0.3 is 19.9 Å². The van der Waals surface area contributed by atoms with Crippen LogP contribution >= 0.6 is 35.7 Å². The van der Waals surface area contributed by atoms with Gasteiger partial charge in [0.1, 0.15) is 0 Å². The number of ether oxygens (including phenoxy) is 1. The van der Waals surface area contributed by atoms with Crippen LogP contribution in [-0.2, 0) is 11.3 Å². The number of aliphatic imine (C=N–C) groups is 1. The minimum Gasteiger partial charge on any atom is -0.379 e. The maximum atomic E-state index is 5.49. The first-order valence-electron chi connectivity index (χ1n) is 10.5. The molecule has 3 fully saturated rings. The van der Waals surface area contributed by atoms with Crippen LogP contribution < -0.4 is 10.2 Å². The van der Waals surface area contributed by atoms with Gasteiger partial charge in [-0.05, 0) is 24.1 Å². The van der Waals surface area contributed by atoms with Gasteiger partial charge in [0.15, 0.2) is 5.96 Å². The highest BCUT2D eigenvalue weighted by Gasteiger charge is 2.30. The van der Waals surface area contributed by atoms with Gasteiger partial charge in [0, 0.05) is 76.1 Å². The number of morpholine rings is 1. The van der Waals surface area contributed by atoms with E-state index in [9.17, 15) is 0 Å². The van der Waals surface area contributed by atoms with Crippen LogP contribution in [0.4, 0.5) is 5.69 Å². The Kier molecular flexibility index (Phi) is 9.20. The summed E-state index contributed by atoms with van der Waals surface area (Å²) in [6, 6.07) is 9.65. The molecule has 1 atom stereocenters. The van der Waals surface area contributed by atoms with Crippen molar-refractivity contribution in [2.24, 2.45) is 4.99 Å². The van der Waals surface area contributed by atoms with Gasteiger partial charge in [-0.3, -0.25) is 9.89 Å². The Morgan fingerprint density at radius 2 is 1.83 bits per heavy atom. The molecule has 29 heavy (non-hydrogen) atoms. The monoisotopic (exact) mass is 531 g/mol. The van der Waals surface area contributed by atoms with Crippen molar-refractivity contribution in [3.05, 3.63) is 29.8 Å². The van der Waals surface area contributed by atoms with E-state index in [1.807, 2.05) is 7.05 Å². The molecule has 3 aliphatic heterocycles. The Bertz CT molecular complexity index is 647. The summed E-state index contributed by atoms with van der Waals surface area (Å²) in [7, 11) is 1.89. The predicted octanol–water partition coefficient (Wildman–Crippen LogP) is 2.34. The summed E-state index contributed by atoms with van der Waals surface area (Å²) in [6.45, 7) is 9.15. The highest BCUT2D eigenvalue weighted by atomic mass is 127.